The van der Waals surface area contributed by atoms with Crippen LogP contribution in [0.25, 0.3) is 6.08 Å². The summed E-state index contributed by atoms with van der Waals surface area (Å²) >= 11 is 0. The number of hydrogen-bond donors (Lipinski definition) is 1. The first-order valence-corrected chi connectivity index (χ1v) is 13.2. The van der Waals surface area contributed by atoms with Crippen LogP contribution in [0.4, 0.5) is 0 Å². The van der Waals surface area contributed by atoms with Crippen molar-refractivity contribution >= 4 is 6.08 Å². The fourth-order valence-corrected chi connectivity index (χ4v) is 5.75. The Balaban J connectivity index is 1.59. The van der Waals surface area contributed by atoms with Crippen molar-refractivity contribution < 1.29 is 0 Å². The Labute approximate surface area is 203 Å². The molecule has 1 saturated carbocycles. The fourth-order valence-electron chi connectivity index (χ4n) is 5.75. The van der Waals surface area contributed by atoms with E-state index in [4.69, 9.17) is 0 Å². The van der Waals surface area contributed by atoms with Crippen LogP contribution in [-0.2, 0) is 6.54 Å². The number of nitrogens with zero attached hydrogens (tertiary/aromatic N) is 2. The average Bonchev–Trinajstić information content (AvgIpc) is 2.85. The average molecular weight is 450 g/mol. The quantitative estimate of drug-likeness (QED) is 0.363. The minimum atomic E-state index is 0.333. The number of likely N-dealkylation sites (N-methyl/N-ethyl adjacent to an activating group) is 1. The molecule has 1 aromatic carbocycles. The molecule has 1 atom stereocenters. The number of nitrogens with one attached hydrogen (secondary N) is 1. The van der Waals surface area contributed by atoms with Gasteiger partial charge in [-0.1, -0.05) is 62.8 Å². The van der Waals surface area contributed by atoms with Crippen LogP contribution in [0.2, 0.25) is 0 Å². The predicted octanol–water partition coefficient (Wildman–Crippen LogP) is 6.59. The zero-order chi connectivity index (χ0) is 23.6. The zero-order valence-corrected chi connectivity index (χ0v) is 21.3. The Hall–Kier alpha value is -1.84. The summed E-state index contributed by atoms with van der Waals surface area (Å²) in [4.78, 5) is 5.15. The molecule has 1 aliphatic carbocycles. The van der Waals surface area contributed by atoms with Crippen LogP contribution in [0.1, 0.15) is 80.4 Å². The maximum atomic E-state index is 4.09. The van der Waals surface area contributed by atoms with E-state index < -0.39 is 0 Å². The van der Waals surface area contributed by atoms with Gasteiger partial charge >= 0.3 is 0 Å². The second-order valence-corrected chi connectivity index (χ2v) is 10.4. The van der Waals surface area contributed by atoms with E-state index in [2.05, 4.69) is 66.2 Å². The van der Waals surface area contributed by atoms with Gasteiger partial charge in [-0.05, 0) is 87.2 Å². The maximum absolute atomic E-state index is 4.09. The van der Waals surface area contributed by atoms with E-state index in [9.17, 15) is 0 Å². The second kappa shape index (κ2) is 13.2. The summed E-state index contributed by atoms with van der Waals surface area (Å²) in [5.74, 6) is 1.64. The molecule has 3 rings (SSSR count). The molecule has 1 N–H and O–H groups in total. The summed E-state index contributed by atoms with van der Waals surface area (Å²) in [6, 6.07) is 7.43. The lowest BCUT2D eigenvalue weighted by molar-refractivity contribution is 0.164. The molecule has 1 unspecified atom stereocenters. The highest BCUT2D eigenvalue weighted by molar-refractivity contribution is 5.53. The molecule has 1 heterocycles. The van der Waals surface area contributed by atoms with Crippen LogP contribution in [0.5, 0.6) is 0 Å². The maximum Gasteiger partial charge on any atom is 0.0279 e. The summed E-state index contributed by atoms with van der Waals surface area (Å²) < 4.78 is 0. The first-order chi connectivity index (χ1) is 16.0. The number of allylic oxidation sites excluding steroid dienone is 1. The van der Waals surface area contributed by atoms with Gasteiger partial charge in [0, 0.05) is 31.9 Å². The Morgan fingerprint density at radius 3 is 2.52 bits per heavy atom. The smallest absolute Gasteiger partial charge is 0.0279 e. The molecule has 0 spiro atoms. The molecule has 2 aliphatic rings. The van der Waals surface area contributed by atoms with Gasteiger partial charge < -0.3 is 10.2 Å². The molecule has 0 aromatic heterocycles. The molecule has 33 heavy (non-hydrogen) atoms. The van der Waals surface area contributed by atoms with E-state index >= 15 is 0 Å². The minimum Gasteiger partial charge on any atom is -0.392 e. The van der Waals surface area contributed by atoms with Crippen molar-refractivity contribution in [3.8, 4) is 0 Å². The van der Waals surface area contributed by atoms with E-state index in [1.807, 2.05) is 13.1 Å². The van der Waals surface area contributed by atoms with Gasteiger partial charge in [-0.15, -0.1) is 6.58 Å². The molecule has 0 amide bonds. The molecular weight excluding hydrogens is 402 g/mol. The van der Waals surface area contributed by atoms with Crippen LogP contribution in [0, 0.1) is 5.92 Å². The molecule has 0 bridgehead atoms. The van der Waals surface area contributed by atoms with Crippen molar-refractivity contribution in [3.63, 3.8) is 0 Å². The van der Waals surface area contributed by atoms with Gasteiger partial charge in [-0.25, -0.2) is 0 Å². The van der Waals surface area contributed by atoms with E-state index in [0.29, 0.717) is 12.0 Å². The van der Waals surface area contributed by atoms with E-state index in [0.717, 1.165) is 31.0 Å². The fraction of sp³-hybridized carbons (Fsp3) is 0.600. The normalized spacial score (nSPS) is 19.4. The number of rotatable bonds is 12. The third-order valence-electron chi connectivity index (χ3n) is 8.04. The third-order valence-corrected chi connectivity index (χ3v) is 8.04. The highest BCUT2D eigenvalue weighted by Crippen LogP contribution is 2.32. The van der Waals surface area contributed by atoms with Crippen LogP contribution >= 0.6 is 0 Å². The minimum absolute atomic E-state index is 0.333. The van der Waals surface area contributed by atoms with Crippen LogP contribution in [0.3, 0.4) is 0 Å². The largest absolute Gasteiger partial charge is 0.392 e. The molecule has 1 aliphatic heterocycles. The molecule has 3 heteroatoms. The first-order valence-electron chi connectivity index (χ1n) is 13.2. The van der Waals surface area contributed by atoms with Crippen LogP contribution < -0.4 is 5.32 Å². The standard InChI is InChI=1S/C30H47N3/c1-6-26-14-15-28(21-29(26)23-32(5)30(7-2)16-13-24(3)31-4)27-17-19-33(20-18-27)22-25-11-9-8-10-12-25/h6-7,14-15,21,25,27,30-31H,1-3,8-13,16-20,22-23H2,4-5H3. The molecule has 1 saturated heterocycles. The van der Waals surface area contributed by atoms with E-state index in [1.165, 1.54) is 81.3 Å². The summed E-state index contributed by atoms with van der Waals surface area (Å²) in [5.41, 5.74) is 5.23. The highest BCUT2D eigenvalue weighted by atomic mass is 15.1. The Kier molecular flexibility index (Phi) is 10.3. The van der Waals surface area contributed by atoms with Crippen molar-refractivity contribution in [2.75, 3.05) is 33.7 Å². The van der Waals surface area contributed by atoms with Gasteiger partial charge in [0.25, 0.3) is 0 Å². The zero-order valence-electron chi connectivity index (χ0n) is 21.3. The van der Waals surface area contributed by atoms with Crippen molar-refractivity contribution in [2.24, 2.45) is 5.92 Å². The molecular formula is C30H47N3. The first kappa shape index (κ1) is 25.8. The third kappa shape index (κ3) is 7.58. The number of likely N-dealkylation sites (tertiary alicyclic amines) is 1. The number of hydrogen-bond acceptors (Lipinski definition) is 3. The van der Waals surface area contributed by atoms with Crippen molar-refractivity contribution in [2.45, 2.75) is 76.3 Å². The Bertz CT molecular complexity index is 769. The van der Waals surface area contributed by atoms with Gasteiger partial charge in [0.2, 0.25) is 0 Å². The molecule has 182 valence electrons. The Morgan fingerprint density at radius 1 is 1.15 bits per heavy atom. The van der Waals surface area contributed by atoms with Crippen molar-refractivity contribution in [3.05, 3.63) is 66.4 Å². The Morgan fingerprint density at radius 2 is 1.88 bits per heavy atom. The lowest BCUT2D eigenvalue weighted by Gasteiger charge is -2.35. The molecule has 1 aromatic rings. The van der Waals surface area contributed by atoms with Gasteiger partial charge in [0.15, 0.2) is 0 Å². The van der Waals surface area contributed by atoms with Gasteiger partial charge in [-0.3, -0.25) is 4.90 Å². The molecule has 2 fully saturated rings. The van der Waals surface area contributed by atoms with Crippen LogP contribution in [-0.4, -0.2) is 49.6 Å². The van der Waals surface area contributed by atoms with Gasteiger partial charge in [0.1, 0.15) is 0 Å². The lowest BCUT2D eigenvalue weighted by atomic mass is 9.85. The lowest BCUT2D eigenvalue weighted by Crippen LogP contribution is -2.37. The van der Waals surface area contributed by atoms with Crippen molar-refractivity contribution in [1.29, 1.82) is 0 Å². The molecule has 3 nitrogen and oxygen atoms in total. The molecule has 0 radical (unpaired) electrons. The van der Waals surface area contributed by atoms with Gasteiger partial charge in [-0.2, -0.15) is 0 Å². The SMILES string of the molecule is C=Cc1ccc(C2CCN(CC3CCCCC3)CC2)cc1CN(C)C(C=C)CCC(=C)NC. The highest BCUT2D eigenvalue weighted by Gasteiger charge is 2.24. The van der Waals surface area contributed by atoms with Gasteiger partial charge in [0.05, 0.1) is 0 Å². The van der Waals surface area contributed by atoms with Crippen molar-refractivity contribution in [1.82, 2.24) is 15.1 Å². The monoisotopic (exact) mass is 449 g/mol. The number of piperidine rings is 1. The summed E-state index contributed by atoms with van der Waals surface area (Å²) in [6.45, 7) is 17.0. The van der Waals surface area contributed by atoms with E-state index in [1.54, 1.807) is 0 Å². The topological polar surface area (TPSA) is 18.5 Å². The summed E-state index contributed by atoms with van der Waals surface area (Å²) in [7, 11) is 4.15. The summed E-state index contributed by atoms with van der Waals surface area (Å²) in [6.07, 6.45) is 15.9. The predicted molar refractivity (Wildman–Crippen MR) is 144 cm³/mol. The number of benzene rings is 1. The second-order valence-electron chi connectivity index (χ2n) is 10.4. The summed E-state index contributed by atoms with van der Waals surface area (Å²) in [5, 5.41) is 3.16. The van der Waals surface area contributed by atoms with Crippen LogP contribution in [0.15, 0.2) is 49.7 Å². The van der Waals surface area contributed by atoms with E-state index in [-0.39, 0.29) is 0 Å².